The Morgan fingerprint density at radius 2 is 1.81 bits per heavy atom. The molecule has 0 saturated carbocycles. The molecular weight excluding hydrogens is 373 g/mol. The number of aromatic nitrogens is 2. The van der Waals surface area contributed by atoms with Crippen molar-refractivity contribution in [2.24, 2.45) is 0 Å². The van der Waals surface area contributed by atoms with Crippen molar-refractivity contribution in [2.45, 2.75) is 6.42 Å². The van der Waals surface area contributed by atoms with Crippen molar-refractivity contribution in [1.29, 1.82) is 0 Å². The molecular formula is C19H17Cl2N3O2. The Kier molecular flexibility index (Phi) is 4.42. The largest absolute Gasteiger partial charge is 0.497 e. The number of rotatable bonds is 4. The van der Waals surface area contributed by atoms with Crippen LogP contribution in [0.2, 0.25) is 10.0 Å². The molecule has 1 aliphatic rings. The first-order valence-electron chi connectivity index (χ1n) is 8.15. The quantitative estimate of drug-likeness (QED) is 0.693. The Hall–Kier alpha value is -2.37. The summed E-state index contributed by atoms with van der Waals surface area (Å²) in [7, 11) is 3.29. The molecule has 4 rings (SSSR count). The van der Waals surface area contributed by atoms with Crippen LogP contribution in [0.1, 0.15) is 5.56 Å². The number of halogens is 2. The second-order valence-corrected chi connectivity index (χ2v) is 6.83. The third kappa shape index (κ3) is 2.87. The zero-order chi connectivity index (χ0) is 18.3. The first kappa shape index (κ1) is 17.1. The van der Waals surface area contributed by atoms with E-state index in [0.717, 1.165) is 52.8 Å². The van der Waals surface area contributed by atoms with Gasteiger partial charge in [-0.1, -0.05) is 23.2 Å². The summed E-state index contributed by atoms with van der Waals surface area (Å²) in [6, 6.07) is 11.1. The van der Waals surface area contributed by atoms with Gasteiger partial charge in [0.05, 0.1) is 19.9 Å². The number of fused-ring (bicyclic) bond motifs is 1. The number of benzene rings is 2. The van der Waals surface area contributed by atoms with Crippen LogP contribution in [-0.2, 0) is 6.42 Å². The zero-order valence-corrected chi connectivity index (χ0v) is 15.9. The highest BCUT2D eigenvalue weighted by atomic mass is 35.5. The van der Waals surface area contributed by atoms with Crippen LogP contribution in [0.3, 0.4) is 0 Å². The van der Waals surface area contributed by atoms with Gasteiger partial charge < -0.3 is 14.8 Å². The molecule has 1 aliphatic heterocycles. The van der Waals surface area contributed by atoms with Gasteiger partial charge in [0, 0.05) is 27.7 Å². The Labute approximate surface area is 161 Å². The smallest absolute Gasteiger partial charge is 0.133 e. The third-order valence-corrected chi connectivity index (χ3v) is 4.84. The average molecular weight is 390 g/mol. The summed E-state index contributed by atoms with van der Waals surface area (Å²) in [5, 5.41) is 9.37. The van der Waals surface area contributed by atoms with Gasteiger partial charge in [-0.3, -0.25) is 0 Å². The van der Waals surface area contributed by atoms with Gasteiger partial charge in [-0.25, -0.2) is 4.68 Å². The molecule has 0 amide bonds. The first-order valence-corrected chi connectivity index (χ1v) is 8.91. The summed E-state index contributed by atoms with van der Waals surface area (Å²) in [4.78, 5) is 0. The van der Waals surface area contributed by atoms with Crippen molar-refractivity contribution in [3.05, 3.63) is 52.0 Å². The average Bonchev–Trinajstić information content (AvgIpc) is 3.22. The fourth-order valence-electron chi connectivity index (χ4n) is 3.24. The van der Waals surface area contributed by atoms with E-state index in [4.69, 9.17) is 37.8 Å². The van der Waals surface area contributed by atoms with Crippen LogP contribution in [0.4, 0.5) is 5.82 Å². The molecule has 0 saturated heterocycles. The van der Waals surface area contributed by atoms with Crippen LogP contribution >= 0.6 is 23.2 Å². The maximum absolute atomic E-state index is 6.18. The molecule has 134 valence electrons. The van der Waals surface area contributed by atoms with E-state index in [1.807, 2.05) is 35.0 Å². The standard InChI is InChI=1S/C19H17Cl2N3O2/c1-25-14-3-4-17(26-2)16(10-14)18-15-5-6-22-19(15)24(23-18)13-8-11(20)7-12(21)9-13/h3-4,7-10,22H,5-6H2,1-2H3. The Balaban J connectivity index is 1.93. The highest BCUT2D eigenvalue weighted by molar-refractivity contribution is 6.34. The first-order chi connectivity index (χ1) is 12.6. The van der Waals surface area contributed by atoms with Gasteiger partial charge in [-0.2, -0.15) is 5.10 Å². The predicted molar refractivity (Wildman–Crippen MR) is 104 cm³/mol. The van der Waals surface area contributed by atoms with Crippen LogP contribution in [0, 0.1) is 0 Å². The highest BCUT2D eigenvalue weighted by Gasteiger charge is 2.26. The van der Waals surface area contributed by atoms with Gasteiger partial charge in [0.1, 0.15) is 23.0 Å². The number of hydrogen-bond acceptors (Lipinski definition) is 4. The van der Waals surface area contributed by atoms with Crippen LogP contribution < -0.4 is 14.8 Å². The number of methoxy groups -OCH3 is 2. The van der Waals surface area contributed by atoms with Crippen LogP contribution in [0.5, 0.6) is 11.5 Å². The van der Waals surface area contributed by atoms with Gasteiger partial charge in [0.15, 0.2) is 0 Å². The molecule has 1 N–H and O–H groups in total. The maximum atomic E-state index is 6.18. The van der Waals surface area contributed by atoms with E-state index in [2.05, 4.69) is 5.32 Å². The van der Waals surface area contributed by atoms with Crippen LogP contribution in [0.25, 0.3) is 16.9 Å². The Morgan fingerprint density at radius 3 is 2.50 bits per heavy atom. The van der Waals surface area contributed by atoms with E-state index in [9.17, 15) is 0 Å². The molecule has 2 aromatic carbocycles. The SMILES string of the molecule is COc1ccc(OC)c(-c2nn(-c3cc(Cl)cc(Cl)c3)c3c2CCN3)c1. The number of nitrogens with one attached hydrogen (secondary N) is 1. The van der Waals surface area contributed by atoms with Crippen molar-refractivity contribution in [3.8, 4) is 28.4 Å². The number of hydrogen-bond donors (Lipinski definition) is 1. The molecule has 0 atom stereocenters. The van der Waals surface area contributed by atoms with E-state index in [1.165, 1.54) is 0 Å². The van der Waals surface area contributed by atoms with Crippen molar-refractivity contribution in [3.63, 3.8) is 0 Å². The van der Waals surface area contributed by atoms with Crippen molar-refractivity contribution in [1.82, 2.24) is 9.78 Å². The summed E-state index contributed by atoms with van der Waals surface area (Å²) in [5.41, 5.74) is 3.68. The summed E-state index contributed by atoms with van der Waals surface area (Å²) in [6.45, 7) is 0.848. The molecule has 0 bridgehead atoms. The van der Waals surface area contributed by atoms with Crippen LogP contribution in [0.15, 0.2) is 36.4 Å². The van der Waals surface area contributed by atoms with Gasteiger partial charge in [-0.05, 0) is 42.8 Å². The minimum atomic E-state index is 0.565. The predicted octanol–water partition coefficient (Wildman–Crippen LogP) is 4.83. The molecule has 3 aromatic rings. The Morgan fingerprint density at radius 1 is 1.04 bits per heavy atom. The molecule has 0 aliphatic carbocycles. The lowest BCUT2D eigenvalue weighted by atomic mass is 10.1. The van der Waals surface area contributed by atoms with Crippen molar-refractivity contribution >= 4 is 29.0 Å². The second-order valence-electron chi connectivity index (χ2n) is 5.96. The summed E-state index contributed by atoms with van der Waals surface area (Å²) >= 11 is 12.4. The molecule has 0 fully saturated rings. The molecule has 1 aromatic heterocycles. The molecule has 2 heterocycles. The molecule has 0 unspecified atom stereocenters. The summed E-state index contributed by atoms with van der Waals surface area (Å²) < 4.78 is 12.8. The zero-order valence-electron chi connectivity index (χ0n) is 14.3. The molecule has 5 nitrogen and oxygen atoms in total. The fourth-order valence-corrected chi connectivity index (χ4v) is 3.75. The lowest BCUT2D eigenvalue weighted by molar-refractivity contribution is 0.404. The molecule has 0 radical (unpaired) electrons. The molecule has 0 spiro atoms. The fraction of sp³-hybridized carbons (Fsp3) is 0.211. The van der Waals surface area contributed by atoms with Crippen molar-refractivity contribution < 1.29 is 9.47 Å². The van der Waals surface area contributed by atoms with E-state index in [1.54, 1.807) is 20.3 Å². The summed E-state index contributed by atoms with van der Waals surface area (Å²) in [6.07, 6.45) is 0.874. The molecule has 26 heavy (non-hydrogen) atoms. The normalized spacial score (nSPS) is 12.6. The van der Waals surface area contributed by atoms with Crippen molar-refractivity contribution in [2.75, 3.05) is 26.1 Å². The highest BCUT2D eigenvalue weighted by Crippen LogP contribution is 2.40. The maximum Gasteiger partial charge on any atom is 0.133 e. The third-order valence-electron chi connectivity index (χ3n) is 4.40. The van der Waals surface area contributed by atoms with Gasteiger partial charge in [0.2, 0.25) is 0 Å². The van der Waals surface area contributed by atoms with E-state index >= 15 is 0 Å². The molecule has 7 heteroatoms. The lowest BCUT2D eigenvalue weighted by Crippen LogP contribution is -2.04. The van der Waals surface area contributed by atoms with Gasteiger partial charge in [0.25, 0.3) is 0 Å². The monoisotopic (exact) mass is 389 g/mol. The lowest BCUT2D eigenvalue weighted by Gasteiger charge is -2.10. The minimum absolute atomic E-state index is 0.565. The summed E-state index contributed by atoms with van der Waals surface area (Å²) in [5.74, 6) is 2.44. The van der Waals surface area contributed by atoms with E-state index < -0.39 is 0 Å². The number of nitrogens with zero attached hydrogens (tertiary/aromatic N) is 2. The van der Waals surface area contributed by atoms with E-state index in [0.29, 0.717) is 10.0 Å². The van der Waals surface area contributed by atoms with Gasteiger partial charge in [-0.15, -0.1) is 0 Å². The van der Waals surface area contributed by atoms with Gasteiger partial charge >= 0.3 is 0 Å². The minimum Gasteiger partial charge on any atom is -0.497 e. The van der Waals surface area contributed by atoms with E-state index in [-0.39, 0.29) is 0 Å². The number of ether oxygens (including phenoxy) is 2. The Bertz CT molecular complexity index is 965. The topological polar surface area (TPSA) is 48.3 Å². The number of anilines is 1. The van der Waals surface area contributed by atoms with Crippen LogP contribution in [-0.4, -0.2) is 30.5 Å². The second kappa shape index (κ2) is 6.74.